The fourth-order valence-corrected chi connectivity index (χ4v) is 1.04. The maximum atomic E-state index is 4.45. The number of hydrogen-bond acceptors (Lipinski definition) is 1. The fraction of sp³-hybridized carbons (Fsp3) is 0.643. The van der Waals surface area contributed by atoms with Crippen molar-refractivity contribution in [2.75, 3.05) is 0 Å². The van der Waals surface area contributed by atoms with Crippen molar-refractivity contribution >= 4 is 6.21 Å². The van der Waals surface area contributed by atoms with Gasteiger partial charge in [0.15, 0.2) is 0 Å². The largest absolute Gasteiger partial charge is 0.261 e. The zero-order valence-electron chi connectivity index (χ0n) is 11.3. The summed E-state index contributed by atoms with van der Waals surface area (Å²) in [6, 6.07) is 0. The van der Waals surface area contributed by atoms with Crippen LogP contribution in [0, 0.1) is 10.8 Å². The molecule has 0 bridgehead atoms. The first kappa shape index (κ1) is 14.2. The van der Waals surface area contributed by atoms with Crippen LogP contribution in [0.5, 0.6) is 0 Å². The summed E-state index contributed by atoms with van der Waals surface area (Å²) in [5.74, 6) is 0. The quantitative estimate of drug-likeness (QED) is 0.586. The van der Waals surface area contributed by atoms with E-state index in [2.05, 4.69) is 59.2 Å². The summed E-state index contributed by atoms with van der Waals surface area (Å²) in [5, 5.41) is 0. The van der Waals surface area contributed by atoms with Gasteiger partial charge in [0.1, 0.15) is 0 Å². The first-order valence-corrected chi connectivity index (χ1v) is 5.49. The average molecular weight is 207 g/mol. The molecule has 0 N–H and O–H groups in total. The van der Waals surface area contributed by atoms with Gasteiger partial charge < -0.3 is 0 Å². The zero-order valence-corrected chi connectivity index (χ0v) is 11.3. The van der Waals surface area contributed by atoms with E-state index >= 15 is 0 Å². The molecule has 0 spiro atoms. The highest BCUT2D eigenvalue weighted by Crippen LogP contribution is 2.27. The molecule has 0 aromatic heterocycles. The van der Waals surface area contributed by atoms with Gasteiger partial charge in [-0.15, -0.1) is 0 Å². The Morgan fingerprint density at radius 1 is 1.00 bits per heavy atom. The Bertz CT molecular complexity index is 279. The number of nitrogens with zero attached hydrogens (tertiary/aromatic N) is 1. The topological polar surface area (TPSA) is 12.4 Å². The standard InChI is InChI=1S/C14H25N/c1-9-12(14(6,7)8)10-15-11(2)13(3,4)5/h9-10H,2H2,1,3-8H3/b12-9+,15-10?. The van der Waals surface area contributed by atoms with Gasteiger partial charge in [-0.25, -0.2) is 0 Å². The van der Waals surface area contributed by atoms with Crippen LogP contribution in [0.1, 0.15) is 48.5 Å². The van der Waals surface area contributed by atoms with E-state index in [0.717, 1.165) is 5.70 Å². The highest BCUT2D eigenvalue weighted by molar-refractivity contribution is 5.80. The number of hydrogen-bond donors (Lipinski definition) is 0. The lowest BCUT2D eigenvalue weighted by atomic mass is 9.87. The molecule has 0 rings (SSSR count). The molecule has 0 aliphatic heterocycles. The monoisotopic (exact) mass is 207 g/mol. The van der Waals surface area contributed by atoms with Crippen LogP contribution >= 0.6 is 0 Å². The molecule has 0 fully saturated rings. The van der Waals surface area contributed by atoms with Gasteiger partial charge in [-0.2, -0.15) is 0 Å². The van der Waals surface area contributed by atoms with Crippen LogP contribution < -0.4 is 0 Å². The van der Waals surface area contributed by atoms with Crippen LogP contribution in [0.4, 0.5) is 0 Å². The lowest BCUT2D eigenvalue weighted by Gasteiger charge is -2.21. The first-order chi connectivity index (χ1) is 6.59. The van der Waals surface area contributed by atoms with Crippen molar-refractivity contribution in [3.63, 3.8) is 0 Å². The summed E-state index contributed by atoms with van der Waals surface area (Å²) in [6.45, 7) is 19.0. The summed E-state index contributed by atoms with van der Waals surface area (Å²) < 4.78 is 0. The van der Waals surface area contributed by atoms with Gasteiger partial charge in [0.25, 0.3) is 0 Å². The molecule has 0 unspecified atom stereocenters. The molecule has 0 heterocycles. The summed E-state index contributed by atoms with van der Waals surface area (Å²) >= 11 is 0. The van der Waals surface area contributed by atoms with Crippen LogP contribution in [0.2, 0.25) is 0 Å². The lowest BCUT2D eigenvalue weighted by Crippen LogP contribution is -2.12. The predicted octanol–water partition coefficient (Wildman–Crippen LogP) is 4.61. The van der Waals surface area contributed by atoms with Crippen molar-refractivity contribution in [3.8, 4) is 0 Å². The fourth-order valence-electron chi connectivity index (χ4n) is 1.04. The Morgan fingerprint density at radius 3 is 1.73 bits per heavy atom. The van der Waals surface area contributed by atoms with E-state index in [1.165, 1.54) is 5.57 Å². The predicted molar refractivity (Wildman–Crippen MR) is 70.3 cm³/mol. The van der Waals surface area contributed by atoms with Gasteiger partial charge in [0, 0.05) is 17.3 Å². The molecule has 0 amide bonds. The Hall–Kier alpha value is -0.850. The minimum absolute atomic E-state index is 0.0488. The van der Waals surface area contributed by atoms with E-state index in [0.29, 0.717) is 0 Å². The zero-order chi connectivity index (χ0) is 12.3. The molecule has 0 aromatic rings. The van der Waals surface area contributed by atoms with E-state index in [1.807, 2.05) is 13.1 Å². The summed E-state index contributed by atoms with van der Waals surface area (Å²) in [7, 11) is 0. The molecule has 1 nitrogen and oxygen atoms in total. The normalized spacial score (nSPS) is 14.7. The molecule has 0 saturated heterocycles. The van der Waals surface area contributed by atoms with Crippen molar-refractivity contribution in [1.82, 2.24) is 0 Å². The van der Waals surface area contributed by atoms with Crippen LogP contribution in [-0.2, 0) is 0 Å². The van der Waals surface area contributed by atoms with Crippen molar-refractivity contribution < 1.29 is 0 Å². The van der Waals surface area contributed by atoms with Crippen LogP contribution in [0.15, 0.2) is 28.9 Å². The minimum atomic E-state index is 0.0488. The minimum Gasteiger partial charge on any atom is -0.261 e. The lowest BCUT2D eigenvalue weighted by molar-refractivity contribution is 0.499. The van der Waals surface area contributed by atoms with E-state index in [9.17, 15) is 0 Å². The van der Waals surface area contributed by atoms with E-state index in [1.54, 1.807) is 0 Å². The van der Waals surface area contributed by atoms with E-state index in [4.69, 9.17) is 0 Å². The van der Waals surface area contributed by atoms with Crippen LogP contribution in [0.25, 0.3) is 0 Å². The number of rotatable bonds is 2. The smallest absolute Gasteiger partial charge is 0.0385 e. The molecule has 0 aromatic carbocycles. The molecule has 0 aliphatic rings. The van der Waals surface area contributed by atoms with Gasteiger partial charge in [0.05, 0.1) is 0 Å². The maximum Gasteiger partial charge on any atom is 0.0385 e. The van der Waals surface area contributed by atoms with E-state index in [-0.39, 0.29) is 10.8 Å². The maximum absolute atomic E-state index is 4.45. The van der Waals surface area contributed by atoms with Gasteiger partial charge >= 0.3 is 0 Å². The van der Waals surface area contributed by atoms with Gasteiger partial charge in [0.2, 0.25) is 0 Å². The highest BCUT2D eigenvalue weighted by Gasteiger charge is 2.16. The van der Waals surface area contributed by atoms with Crippen LogP contribution in [-0.4, -0.2) is 6.21 Å². The van der Waals surface area contributed by atoms with Crippen molar-refractivity contribution in [2.24, 2.45) is 15.8 Å². The van der Waals surface area contributed by atoms with Crippen molar-refractivity contribution in [2.45, 2.75) is 48.5 Å². The third-order valence-electron chi connectivity index (χ3n) is 2.40. The van der Waals surface area contributed by atoms with E-state index < -0.39 is 0 Å². The third-order valence-corrected chi connectivity index (χ3v) is 2.40. The first-order valence-electron chi connectivity index (χ1n) is 5.49. The molecule has 0 radical (unpaired) electrons. The van der Waals surface area contributed by atoms with Crippen molar-refractivity contribution in [1.29, 1.82) is 0 Å². The van der Waals surface area contributed by atoms with Gasteiger partial charge in [-0.05, 0) is 17.9 Å². The molecule has 0 atom stereocenters. The number of allylic oxidation sites excluding steroid dienone is 3. The molecule has 0 saturated carbocycles. The Labute approximate surface area is 95.0 Å². The molecule has 1 heteroatoms. The second-order valence-electron chi connectivity index (χ2n) is 5.95. The Balaban J connectivity index is 4.75. The van der Waals surface area contributed by atoms with Gasteiger partial charge in [-0.3, -0.25) is 4.99 Å². The molecular formula is C14H25N. The highest BCUT2D eigenvalue weighted by atomic mass is 14.8. The molecular weight excluding hydrogens is 182 g/mol. The second kappa shape index (κ2) is 4.78. The second-order valence-corrected chi connectivity index (χ2v) is 5.95. The summed E-state index contributed by atoms with van der Waals surface area (Å²) in [5.41, 5.74) is 2.36. The van der Waals surface area contributed by atoms with Crippen molar-refractivity contribution in [3.05, 3.63) is 23.9 Å². The molecule has 86 valence electrons. The molecule has 15 heavy (non-hydrogen) atoms. The Morgan fingerprint density at radius 2 is 1.47 bits per heavy atom. The molecule has 0 aliphatic carbocycles. The summed E-state index contributed by atoms with van der Waals surface area (Å²) in [6.07, 6.45) is 4.05. The average Bonchev–Trinajstić information content (AvgIpc) is 2.00. The third kappa shape index (κ3) is 4.96. The Kier molecular flexibility index (Phi) is 4.51. The van der Waals surface area contributed by atoms with Gasteiger partial charge in [-0.1, -0.05) is 54.2 Å². The SMILES string of the molecule is C=C(N=C/C(=C\C)C(C)(C)C)C(C)(C)C. The number of aliphatic imine (C=N–C) groups is 1. The summed E-state index contributed by atoms with van der Waals surface area (Å²) in [4.78, 5) is 4.45. The van der Waals surface area contributed by atoms with Crippen LogP contribution in [0.3, 0.4) is 0 Å².